The summed E-state index contributed by atoms with van der Waals surface area (Å²) in [7, 11) is -3.58. The number of hydrogen-bond acceptors (Lipinski definition) is 4. The van der Waals surface area contributed by atoms with Crippen molar-refractivity contribution in [1.82, 2.24) is 4.72 Å². The van der Waals surface area contributed by atoms with Crippen molar-refractivity contribution in [3.8, 4) is 11.5 Å². The van der Waals surface area contributed by atoms with Crippen LogP contribution in [0.15, 0.2) is 23.1 Å². The molecule has 1 aliphatic heterocycles. The highest BCUT2D eigenvalue weighted by molar-refractivity contribution is 7.89. The summed E-state index contributed by atoms with van der Waals surface area (Å²) >= 11 is 5.79. The smallest absolute Gasteiger partial charge is 0.240 e. The fourth-order valence-electron chi connectivity index (χ4n) is 1.61. The normalized spacial score (nSPS) is 15.2. The lowest BCUT2D eigenvalue weighted by Crippen LogP contribution is -2.35. The number of ether oxygens (including phenoxy) is 2. The molecule has 0 atom stereocenters. The van der Waals surface area contributed by atoms with Crippen LogP contribution in [-0.4, -0.2) is 34.1 Å². The van der Waals surface area contributed by atoms with E-state index in [1.54, 1.807) is 6.07 Å². The summed E-state index contributed by atoms with van der Waals surface area (Å²) < 4.78 is 37.8. The molecule has 0 saturated carbocycles. The Kier molecular flexibility index (Phi) is 4.46. The van der Waals surface area contributed by atoms with Gasteiger partial charge in [-0.1, -0.05) is 13.8 Å². The van der Waals surface area contributed by atoms with Gasteiger partial charge in [0.15, 0.2) is 11.5 Å². The largest absolute Gasteiger partial charge is 0.486 e. The first-order valence-electron chi connectivity index (χ1n) is 6.29. The molecule has 0 bridgehead atoms. The molecule has 0 amide bonds. The van der Waals surface area contributed by atoms with Crippen LogP contribution in [0, 0.1) is 5.41 Å². The quantitative estimate of drug-likeness (QED) is 0.843. The summed E-state index contributed by atoms with van der Waals surface area (Å²) in [6.45, 7) is 4.95. The Balaban J connectivity index is 2.17. The predicted octanol–water partition coefficient (Wildman–Crippen LogP) is 2.00. The number of sulfonamides is 1. The number of alkyl halides is 1. The van der Waals surface area contributed by atoms with Crippen LogP contribution >= 0.6 is 11.6 Å². The highest BCUT2D eigenvalue weighted by atomic mass is 35.5. The van der Waals surface area contributed by atoms with Crippen LogP contribution in [0.2, 0.25) is 0 Å². The van der Waals surface area contributed by atoms with E-state index in [4.69, 9.17) is 21.1 Å². The standard InChI is InChI=1S/C13H18ClNO4S/c1-13(2,8-14)9-15-20(16,17)10-3-4-11-12(7-10)19-6-5-18-11/h3-4,7,15H,5-6,8-9H2,1-2H3. The molecule has 0 aliphatic carbocycles. The highest BCUT2D eigenvalue weighted by Crippen LogP contribution is 2.32. The Bertz CT molecular complexity index is 586. The second-order valence-electron chi connectivity index (χ2n) is 5.43. The topological polar surface area (TPSA) is 64.6 Å². The SMILES string of the molecule is CC(C)(CCl)CNS(=O)(=O)c1ccc2c(c1)OCCO2. The van der Waals surface area contributed by atoms with Crippen LogP contribution in [0.3, 0.4) is 0 Å². The minimum Gasteiger partial charge on any atom is -0.486 e. The van der Waals surface area contributed by atoms with Crippen molar-refractivity contribution in [2.24, 2.45) is 5.41 Å². The summed E-state index contributed by atoms with van der Waals surface area (Å²) in [5.74, 6) is 1.39. The second kappa shape index (κ2) is 5.79. The van der Waals surface area contributed by atoms with Gasteiger partial charge in [-0.2, -0.15) is 0 Å². The van der Waals surface area contributed by atoms with Gasteiger partial charge in [0.2, 0.25) is 10.0 Å². The molecule has 112 valence electrons. The fraction of sp³-hybridized carbons (Fsp3) is 0.538. The molecule has 1 aromatic carbocycles. The van der Waals surface area contributed by atoms with Crippen LogP contribution in [0.4, 0.5) is 0 Å². The van der Waals surface area contributed by atoms with E-state index in [0.717, 1.165) is 0 Å². The van der Waals surface area contributed by atoms with Gasteiger partial charge in [0, 0.05) is 18.5 Å². The first kappa shape index (κ1) is 15.4. The number of rotatable bonds is 5. The lowest BCUT2D eigenvalue weighted by atomic mass is 9.97. The van der Waals surface area contributed by atoms with Gasteiger partial charge in [-0.3, -0.25) is 0 Å². The first-order chi connectivity index (χ1) is 9.34. The molecule has 5 nitrogen and oxygen atoms in total. The zero-order valence-electron chi connectivity index (χ0n) is 11.5. The Hall–Kier alpha value is -0.980. The zero-order chi connectivity index (χ0) is 14.8. The van der Waals surface area contributed by atoms with E-state index in [1.807, 2.05) is 13.8 Å². The predicted molar refractivity (Wildman–Crippen MR) is 77.1 cm³/mol. The van der Waals surface area contributed by atoms with Gasteiger partial charge in [-0.15, -0.1) is 11.6 Å². The molecule has 2 rings (SSSR count). The molecule has 1 heterocycles. The summed E-state index contributed by atoms with van der Waals surface area (Å²) in [5, 5.41) is 0. The first-order valence-corrected chi connectivity index (χ1v) is 8.31. The number of benzene rings is 1. The zero-order valence-corrected chi connectivity index (χ0v) is 13.1. The van der Waals surface area contributed by atoms with Crippen LogP contribution in [0.1, 0.15) is 13.8 Å². The molecule has 1 aliphatic rings. The van der Waals surface area contributed by atoms with E-state index in [0.29, 0.717) is 30.6 Å². The van der Waals surface area contributed by atoms with Crippen LogP contribution < -0.4 is 14.2 Å². The van der Waals surface area contributed by atoms with Crippen molar-refractivity contribution in [2.45, 2.75) is 18.7 Å². The molecule has 0 saturated heterocycles. The Morgan fingerprint density at radius 2 is 1.90 bits per heavy atom. The van der Waals surface area contributed by atoms with Crippen molar-refractivity contribution in [2.75, 3.05) is 25.6 Å². The van der Waals surface area contributed by atoms with Crippen LogP contribution in [0.25, 0.3) is 0 Å². The summed E-state index contributed by atoms with van der Waals surface area (Å²) in [6, 6.07) is 4.59. The minimum absolute atomic E-state index is 0.159. The molecule has 0 fully saturated rings. The van der Waals surface area contributed by atoms with Crippen LogP contribution in [0.5, 0.6) is 11.5 Å². The number of nitrogens with one attached hydrogen (secondary N) is 1. The van der Waals surface area contributed by atoms with E-state index < -0.39 is 10.0 Å². The van der Waals surface area contributed by atoms with Gasteiger partial charge < -0.3 is 9.47 Å². The van der Waals surface area contributed by atoms with Gasteiger partial charge >= 0.3 is 0 Å². The van der Waals surface area contributed by atoms with Gasteiger partial charge in [0.05, 0.1) is 4.90 Å². The van der Waals surface area contributed by atoms with Gasteiger partial charge in [0.1, 0.15) is 13.2 Å². The molecule has 20 heavy (non-hydrogen) atoms. The third-order valence-electron chi connectivity index (χ3n) is 2.93. The van der Waals surface area contributed by atoms with Crippen molar-refractivity contribution < 1.29 is 17.9 Å². The Morgan fingerprint density at radius 1 is 1.25 bits per heavy atom. The summed E-state index contributed by atoms with van der Waals surface area (Å²) in [6.07, 6.45) is 0. The van der Waals surface area contributed by atoms with Crippen molar-refractivity contribution in [3.63, 3.8) is 0 Å². The van der Waals surface area contributed by atoms with E-state index in [9.17, 15) is 8.42 Å². The van der Waals surface area contributed by atoms with E-state index in [2.05, 4.69) is 4.72 Å². The van der Waals surface area contributed by atoms with E-state index >= 15 is 0 Å². The van der Waals surface area contributed by atoms with Gasteiger partial charge in [-0.05, 0) is 17.5 Å². The lowest BCUT2D eigenvalue weighted by molar-refractivity contribution is 0.171. The molecule has 0 radical (unpaired) electrons. The maximum Gasteiger partial charge on any atom is 0.240 e. The highest BCUT2D eigenvalue weighted by Gasteiger charge is 2.23. The lowest BCUT2D eigenvalue weighted by Gasteiger charge is -2.22. The Morgan fingerprint density at radius 3 is 2.55 bits per heavy atom. The van der Waals surface area contributed by atoms with Crippen molar-refractivity contribution >= 4 is 21.6 Å². The molecule has 7 heteroatoms. The summed E-state index contributed by atoms with van der Waals surface area (Å²) in [4.78, 5) is 0.159. The molecule has 0 spiro atoms. The molecule has 0 aromatic heterocycles. The average molecular weight is 320 g/mol. The van der Waals surface area contributed by atoms with Crippen molar-refractivity contribution in [3.05, 3.63) is 18.2 Å². The van der Waals surface area contributed by atoms with E-state index in [1.165, 1.54) is 12.1 Å². The summed E-state index contributed by atoms with van der Waals surface area (Å²) in [5.41, 5.74) is -0.303. The Labute approximate surface area is 124 Å². The number of hydrogen-bond donors (Lipinski definition) is 1. The third-order valence-corrected chi connectivity index (χ3v) is 5.05. The average Bonchev–Trinajstić information content (AvgIpc) is 2.45. The monoisotopic (exact) mass is 319 g/mol. The number of fused-ring (bicyclic) bond motifs is 1. The number of halogens is 1. The fourth-order valence-corrected chi connectivity index (χ4v) is 2.96. The van der Waals surface area contributed by atoms with Gasteiger partial charge in [-0.25, -0.2) is 13.1 Å². The molecule has 1 aromatic rings. The van der Waals surface area contributed by atoms with E-state index in [-0.39, 0.29) is 16.9 Å². The third kappa shape index (κ3) is 3.56. The van der Waals surface area contributed by atoms with Gasteiger partial charge in [0.25, 0.3) is 0 Å². The molecule has 1 N–H and O–H groups in total. The molecular weight excluding hydrogens is 302 g/mol. The maximum atomic E-state index is 12.2. The minimum atomic E-state index is -3.58. The van der Waals surface area contributed by atoms with Crippen LogP contribution in [-0.2, 0) is 10.0 Å². The van der Waals surface area contributed by atoms with Crippen molar-refractivity contribution in [1.29, 1.82) is 0 Å². The maximum absolute atomic E-state index is 12.2. The second-order valence-corrected chi connectivity index (χ2v) is 7.46. The molecular formula is C13H18ClNO4S. The molecule has 0 unspecified atom stereocenters.